The SMILES string of the molecule is O=C(O)CCC(=CC1CCC2OC2C1)C(=CC1CCC2OC2C1)C(=O)O. The van der Waals surface area contributed by atoms with Crippen LogP contribution in [-0.2, 0) is 19.1 Å². The van der Waals surface area contributed by atoms with Crippen LogP contribution < -0.4 is 0 Å². The first-order valence-electron chi connectivity index (χ1n) is 9.68. The molecule has 0 spiro atoms. The van der Waals surface area contributed by atoms with Crippen molar-refractivity contribution in [2.45, 2.75) is 75.8 Å². The zero-order chi connectivity index (χ0) is 18.3. The molecule has 0 bridgehead atoms. The van der Waals surface area contributed by atoms with Crippen LogP contribution in [0.1, 0.15) is 51.4 Å². The van der Waals surface area contributed by atoms with Gasteiger partial charge in [0.2, 0.25) is 0 Å². The number of carboxylic acid groups (broad SMARTS) is 2. The number of allylic oxidation sites excluding steroid dienone is 2. The number of fused-ring (bicyclic) bond motifs is 2. The van der Waals surface area contributed by atoms with Crippen molar-refractivity contribution in [1.82, 2.24) is 0 Å². The smallest absolute Gasteiger partial charge is 0.335 e. The van der Waals surface area contributed by atoms with Crippen LogP contribution in [0, 0.1) is 11.8 Å². The molecule has 0 amide bonds. The van der Waals surface area contributed by atoms with Crippen LogP contribution in [0.3, 0.4) is 0 Å². The Morgan fingerprint density at radius 3 is 1.88 bits per heavy atom. The first-order valence-corrected chi connectivity index (χ1v) is 9.68. The predicted molar refractivity (Wildman–Crippen MR) is 92.7 cm³/mol. The largest absolute Gasteiger partial charge is 0.481 e. The van der Waals surface area contributed by atoms with E-state index in [1.54, 1.807) is 0 Å². The van der Waals surface area contributed by atoms with Gasteiger partial charge < -0.3 is 19.7 Å². The molecule has 4 fully saturated rings. The first-order chi connectivity index (χ1) is 12.5. The molecular weight excluding hydrogens is 336 g/mol. The summed E-state index contributed by atoms with van der Waals surface area (Å²) in [5.41, 5.74) is 0.956. The Morgan fingerprint density at radius 2 is 1.38 bits per heavy atom. The number of epoxide rings is 2. The van der Waals surface area contributed by atoms with E-state index in [0.717, 1.165) is 38.5 Å². The molecule has 2 saturated carbocycles. The van der Waals surface area contributed by atoms with E-state index in [9.17, 15) is 14.7 Å². The topological polar surface area (TPSA) is 99.7 Å². The molecule has 2 heterocycles. The van der Waals surface area contributed by atoms with Gasteiger partial charge in [0, 0.05) is 6.42 Å². The summed E-state index contributed by atoms with van der Waals surface area (Å²) in [6, 6.07) is 0. The molecule has 26 heavy (non-hydrogen) atoms. The van der Waals surface area contributed by atoms with Crippen molar-refractivity contribution in [3.8, 4) is 0 Å². The first kappa shape index (κ1) is 17.7. The zero-order valence-electron chi connectivity index (χ0n) is 14.8. The van der Waals surface area contributed by atoms with Gasteiger partial charge in [0.25, 0.3) is 0 Å². The van der Waals surface area contributed by atoms with Gasteiger partial charge in [0.1, 0.15) is 0 Å². The van der Waals surface area contributed by atoms with Gasteiger partial charge >= 0.3 is 11.9 Å². The molecule has 2 aliphatic carbocycles. The van der Waals surface area contributed by atoms with Crippen LogP contribution in [0.4, 0.5) is 0 Å². The maximum atomic E-state index is 12.0. The highest BCUT2D eigenvalue weighted by molar-refractivity contribution is 5.92. The van der Waals surface area contributed by atoms with Gasteiger partial charge in [-0.3, -0.25) is 4.79 Å². The summed E-state index contributed by atoms with van der Waals surface area (Å²) in [6.07, 6.45) is 11.1. The van der Waals surface area contributed by atoms with Crippen molar-refractivity contribution in [1.29, 1.82) is 0 Å². The van der Waals surface area contributed by atoms with Crippen molar-refractivity contribution >= 4 is 11.9 Å². The fourth-order valence-corrected chi connectivity index (χ4v) is 4.56. The predicted octanol–water partition coefficient (Wildman–Crippen LogP) is 2.92. The normalized spacial score (nSPS) is 38.9. The minimum Gasteiger partial charge on any atom is -0.481 e. The highest BCUT2D eigenvalue weighted by Crippen LogP contribution is 2.42. The molecule has 0 aromatic heterocycles. The molecule has 0 aromatic carbocycles. The van der Waals surface area contributed by atoms with Gasteiger partial charge in [-0.15, -0.1) is 0 Å². The van der Waals surface area contributed by atoms with Crippen LogP contribution in [-0.4, -0.2) is 46.6 Å². The van der Waals surface area contributed by atoms with Crippen LogP contribution >= 0.6 is 0 Å². The Bertz CT molecular complexity index is 651. The van der Waals surface area contributed by atoms with Crippen molar-refractivity contribution < 1.29 is 29.3 Å². The highest BCUT2D eigenvalue weighted by Gasteiger charge is 2.44. The standard InChI is InChI=1S/C20H26O6/c21-19(22)6-3-13(7-11-1-4-15-17(9-11)25-15)14(20(23)24)8-12-2-5-16-18(10-12)26-16/h7-8,11-12,15-18H,1-6,9-10H2,(H,21,22)(H,23,24). The molecule has 2 aliphatic heterocycles. The number of hydrogen-bond acceptors (Lipinski definition) is 4. The third-order valence-electron chi connectivity index (χ3n) is 6.11. The average Bonchev–Trinajstić information content (AvgIpc) is 3.49. The molecule has 0 radical (unpaired) electrons. The third kappa shape index (κ3) is 4.18. The average molecular weight is 362 g/mol. The minimum absolute atomic E-state index is 0.0514. The molecular formula is C20H26O6. The van der Waals surface area contributed by atoms with Crippen molar-refractivity contribution in [2.24, 2.45) is 11.8 Å². The van der Waals surface area contributed by atoms with E-state index >= 15 is 0 Å². The fourth-order valence-electron chi connectivity index (χ4n) is 4.56. The van der Waals surface area contributed by atoms with Crippen LogP contribution in [0.25, 0.3) is 0 Å². The Kier molecular flexibility index (Phi) is 4.88. The van der Waals surface area contributed by atoms with E-state index in [0.29, 0.717) is 23.9 Å². The number of carboxylic acids is 2. The lowest BCUT2D eigenvalue weighted by molar-refractivity contribution is -0.137. The monoisotopic (exact) mass is 362 g/mol. The lowest BCUT2D eigenvalue weighted by Gasteiger charge is -2.20. The summed E-state index contributed by atoms with van der Waals surface area (Å²) in [4.78, 5) is 23.0. The van der Waals surface area contributed by atoms with Gasteiger partial charge in [0.15, 0.2) is 0 Å². The Morgan fingerprint density at radius 1 is 0.808 bits per heavy atom. The molecule has 2 saturated heterocycles. The molecule has 6 unspecified atom stereocenters. The van der Waals surface area contributed by atoms with E-state index in [1.807, 2.05) is 12.2 Å². The van der Waals surface area contributed by atoms with E-state index in [4.69, 9.17) is 14.6 Å². The molecule has 0 aromatic rings. The summed E-state index contributed by atoms with van der Waals surface area (Å²) in [5, 5.41) is 18.9. The number of rotatable bonds is 7. The zero-order valence-corrected chi connectivity index (χ0v) is 14.8. The second kappa shape index (κ2) is 7.16. The number of carbonyl (C=O) groups is 2. The lowest BCUT2D eigenvalue weighted by Crippen LogP contribution is -2.16. The Balaban J connectivity index is 1.53. The number of ether oxygens (including phenoxy) is 2. The number of hydrogen-bond donors (Lipinski definition) is 2. The Hall–Kier alpha value is -1.66. The van der Waals surface area contributed by atoms with E-state index in [-0.39, 0.29) is 36.4 Å². The highest BCUT2D eigenvalue weighted by atomic mass is 16.6. The summed E-state index contributed by atoms with van der Waals surface area (Å²) < 4.78 is 11.1. The maximum absolute atomic E-state index is 12.0. The third-order valence-corrected chi connectivity index (χ3v) is 6.11. The van der Waals surface area contributed by atoms with Crippen LogP contribution in [0.5, 0.6) is 0 Å². The minimum atomic E-state index is -0.961. The molecule has 6 nitrogen and oxygen atoms in total. The van der Waals surface area contributed by atoms with Gasteiger partial charge in [0.05, 0.1) is 30.0 Å². The molecule has 6 atom stereocenters. The van der Waals surface area contributed by atoms with Crippen molar-refractivity contribution in [2.75, 3.05) is 0 Å². The van der Waals surface area contributed by atoms with Crippen molar-refractivity contribution in [3.05, 3.63) is 23.3 Å². The summed E-state index contributed by atoms with van der Waals surface area (Å²) in [5.74, 6) is -1.40. The van der Waals surface area contributed by atoms with Gasteiger partial charge in [-0.05, 0) is 62.4 Å². The van der Waals surface area contributed by atoms with E-state index in [2.05, 4.69) is 0 Å². The van der Waals surface area contributed by atoms with Gasteiger partial charge in [-0.2, -0.15) is 0 Å². The molecule has 4 rings (SSSR count). The Labute approximate surface area is 152 Å². The van der Waals surface area contributed by atoms with Crippen LogP contribution in [0.15, 0.2) is 23.3 Å². The van der Waals surface area contributed by atoms with E-state index in [1.165, 1.54) is 0 Å². The second-order valence-corrected chi connectivity index (χ2v) is 8.04. The van der Waals surface area contributed by atoms with Gasteiger partial charge in [-0.1, -0.05) is 12.2 Å². The fraction of sp³-hybridized carbons (Fsp3) is 0.700. The lowest BCUT2D eigenvalue weighted by atomic mass is 9.83. The second-order valence-electron chi connectivity index (χ2n) is 8.04. The van der Waals surface area contributed by atoms with E-state index < -0.39 is 11.9 Å². The molecule has 6 heteroatoms. The summed E-state index contributed by atoms with van der Waals surface area (Å²) in [7, 11) is 0. The van der Waals surface area contributed by atoms with Crippen molar-refractivity contribution in [3.63, 3.8) is 0 Å². The number of aliphatic carboxylic acids is 2. The molecule has 2 N–H and O–H groups in total. The molecule has 4 aliphatic rings. The summed E-state index contributed by atoms with van der Waals surface area (Å²) >= 11 is 0. The summed E-state index contributed by atoms with van der Waals surface area (Å²) in [6.45, 7) is 0. The van der Waals surface area contributed by atoms with Crippen LogP contribution in [0.2, 0.25) is 0 Å². The van der Waals surface area contributed by atoms with Gasteiger partial charge in [-0.25, -0.2) is 4.79 Å². The maximum Gasteiger partial charge on any atom is 0.335 e. The molecule has 142 valence electrons. The quantitative estimate of drug-likeness (QED) is 0.410.